The fraction of sp³-hybridized carbons (Fsp3) is 0.261. The third-order valence-electron chi connectivity index (χ3n) is 5.16. The summed E-state index contributed by atoms with van der Waals surface area (Å²) in [6.45, 7) is 0. The fourth-order valence-corrected chi connectivity index (χ4v) is 3.56. The summed E-state index contributed by atoms with van der Waals surface area (Å²) in [5, 5.41) is 3.96. The molecule has 10 heteroatoms. The lowest BCUT2D eigenvalue weighted by molar-refractivity contribution is -0.135. The lowest BCUT2D eigenvalue weighted by Crippen LogP contribution is -2.15. The van der Waals surface area contributed by atoms with Gasteiger partial charge < -0.3 is 0 Å². The zero-order valence-corrected chi connectivity index (χ0v) is 17.7. The van der Waals surface area contributed by atoms with Crippen molar-refractivity contribution in [1.82, 2.24) is 24.1 Å². The van der Waals surface area contributed by atoms with Crippen molar-refractivity contribution in [2.45, 2.75) is 31.9 Å². The van der Waals surface area contributed by atoms with E-state index in [9.17, 15) is 22.8 Å². The van der Waals surface area contributed by atoms with Crippen LogP contribution in [0.15, 0.2) is 55.0 Å². The van der Waals surface area contributed by atoms with Gasteiger partial charge in [-0.05, 0) is 12.5 Å². The standard InChI is InChI=1S/C23H20F3N5O2/c1-30-21(17(13-27-30)19(32)8-5-10-23(24,25)26)20(33)12-16-9-11-31-14-18(29-22(31)28-16)15-6-3-2-4-7-15/h2-4,6-7,9,11,13-14H,5,8,10,12H2,1H3. The highest BCUT2D eigenvalue weighted by atomic mass is 19.4. The Kier molecular flexibility index (Phi) is 6.08. The van der Waals surface area contributed by atoms with E-state index in [1.165, 1.54) is 17.9 Å². The highest BCUT2D eigenvalue weighted by molar-refractivity contribution is 6.08. The molecule has 4 rings (SSSR count). The Morgan fingerprint density at radius 2 is 1.79 bits per heavy atom. The van der Waals surface area contributed by atoms with E-state index in [1.54, 1.807) is 16.7 Å². The van der Waals surface area contributed by atoms with E-state index >= 15 is 0 Å². The van der Waals surface area contributed by atoms with Crippen LogP contribution in [0, 0.1) is 0 Å². The average Bonchev–Trinajstić information content (AvgIpc) is 3.36. The molecule has 3 heterocycles. The number of fused-ring (bicyclic) bond motifs is 1. The lowest BCUT2D eigenvalue weighted by atomic mass is 10.0. The average molecular weight is 455 g/mol. The van der Waals surface area contributed by atoms with Gasteiger partial charge in [0.25, 0.3) is 0 Å². The van der Waals surface area contributed by atoms with Gasteiger partial charge in [0.1, 0.15) is 5.69 Å². The number of aromatic nitrogens is 5. The minimum absolute atomic E-state index is 0.0259. The molecule has 0 saturated heterocycles. The number of hydrogen-bond acceptors (Lipinski definition) is 5. The topological polar surface area (TPSA) is 82.2 Å². The van der Waals surface area contributed by atoms with Crippen LogP contribution in [0.25, 0.3) is 17.0 Å². The third kappa shape index (κ3) is 5.16. The summed E-state index contributed by atoms with van der Waals surface area (Å²) in [6, 6.07) is 11.3. The van der Waals surface area contributed by atoms with E-state index in [0.717, 1.165) is 11.3 Å². The number of rotatable bonds is 8. The number of Topliss-reactive ketones (excluding diaryl/α,β-unsaturated/α-hetero) is 2. The largest absolute Gasteiger partial charge is 0.389 e. The molecule has 3 aromatic heterocycles. The molecule has 0 bridgehead atoms. The van der Waals surface area contributed by atoms with Gasteiger partial charge in [0, 0.05) is 37.8 Å². The van der Waals surface area contributed by atoms with Crippen molar-refractivity contribution >= 4 is 17.3 Å². The Labute approximate surface area is 186 Å². The van der Waals surface area contributed by atoms with Crippen molar-refractivity contribution in [2.75, 3.05) is 0 Å². The minimum atomic E-state index is -4.33. The second-order valence-corrected chi connectivity index (χ2v) is 7.64. The number of alkyl halides is 3. The van der Waals surface area contributed by atoms with Gasteiger partial charge in [-0.1, -0.05) is 30.3 Å². The van der Waals surface area contributed by atoms with Gasteiger partial charge in [-0.15, -0.1) is 0 Å². The van der Waals surface area contributed by atoms with Crippen molar-refractivity contribution in [3.63, 3.8) is 0 Å². The number of hydrogen-bond donors (Lipinski definition) is 0. The van der Waals surface area contributed by atoms with Crippen LogP contribution in [0.2, 0.25) is 0 Å². The van der Waals surface area contributed by atoms with E-state index in [0.29, 0.717) is 11.5 Å². The molecule has 0 unspecified atom stereocenters. The summed E-state index contributed by atoms with van der Waals surface area (Å²) in [7, 11) is 1.51. The molecule has 0 fully saturated rings. The van der Waals surface area contributed by atoms with Gasteiger partial charge in [-0.3, -0.25) is 18.7 Å². The van der Waals surface area contributed by atoms with Gasteiger partial charge in [0.15, 0.2) is 11.6 Å². The number of carbonyl (C=O) groups is 2. The molecule has 0 aliphatic carbocycles. The van der Waals surface area contributed by atoms with Crippen molar-refractivity contribution in [3.8, 4) is 11.3 Å². The SMILES string of the molecule is Cn1ncc(C(=O)CCCC(F)(F)F)c1C(=O)Cc1ccn2cc(-c3ccccc3)nc2n1. The maximum absolute atomic E-state index is 13.0. The second-order valence-electron chi connectivity index (χ2n) is 7.64. The Bertz CT molecular complexity index is 1310. The summed E-state index contributed by atoms with van der Waals surface area (Å²) in [5.74, 6) is -0.520. The Morgan fingerprint density at radius 3 is 2.52 bits per heavy atom. The van der Waals surface area contributed by atoms with E-state index in [1.807, 2.05) is 36.5 Å². The number of ketones is 2. The van der Waals surface area contributed by atoms with Crippen LogP contribution in [0.3, 0.4) is 0 Å². The highest BCUT2D eigenvalue weighted by Crippen LogP contribution is 2.24. The van der Waals surface area contributed by atoms with Crippen LogP contribution in [-0.4, -0.2) is 41.9 Å². The first-order valence-corrected chi connectivity index (χ1v) is 10.3. The predicted octanol–water partition coefficient (Wildman–Crippen LogP) is 4.47. The smallest absolute Gasteiger partial charge is 0.294 e. The van der Waals surface area contributed by atoms with Crippen LogP contribution in [0.1, 0.15) is 45.8 Å². The number of benzene rings is 1. The van der Waals surface area contributed by atoms with Crippen LogP contribution in [-0.2, 0) is 13.5 Å². The van der Waals surface area contributed by atoms with Gasteiger partial charge in [0.2, 0.25) is 5.78 Å². The molecule has 0 atom stereocenters. The molecular weight excluding hydrogens is 435 g/mol. The van der Waals surface area contributed by atoms with Crippen LogP contribution >= 0.6 is 0 Å². The summed E-state index contributed by atoms with van der Waals surface area (Å²) in [4.78, 5) is 34.3. The Morgan fingerprint density at radius 1 is 1.03 bits per heavy atom. The van der Waals surface area contributed by atoms with Crippen molar-refractivity contribution in [1.29, 1.82) is 0 Å². The number of aryl methyl sites for hydroxylation is 1. The molecular formula is C23H20F3N5O2. The monoisotopic (exact) mass is 455 g/mol. The van der Waals surface area contributed by atoms with Crippen molar-refractivity contribution in [3.05, 3.63) is 71.9 Å². The second kappa shape index (κ2) is 8.97. The molecule has 0 spiro atoms. The van der Waals surface area contributed by atoms with Gasteiger partial charge in [-0.2, -0.15) is 18.3 Å². The van der Waals surface area contributed by atoms with E-state index in [-0.39, 0.29) is 30.5 Å². The first kappa shape index (κ1) is 22.4. The number of carbonyl (C=O) groups excluding carboxylic acids is 2. The summed E-state index contributed by atoms with van der Waals surface area (Å²) < 4.78 is 40.1. The normalized spacial score (nSPS) is 11.8. The summed E-state index contributed by atoms with van der Waals surface area (Å²) in [6.07, 6.45) is -1.34. The zero-order chi connectivity index (χ0) is 23.6. The predicted molar refractivity (Wildman–Crippen MR) is 114 cm³/mol. The molecule has 0 saturated carbocycles. The number of halogens is 3. The molecule has 0 N–H and O–H groups in total. The maximum Gasteiger partial charge on any atom is 0.389 e. The van der Waals surface area contributed by atoms with Gasteiger partial charge >= 0.3 is 6.18 Å². The molecule has 4 aromatic rings. The molecule has 0 amide bonds. The van der Waals surface area contributed by atoms with E-state index in [2.05, 4.69) is 15.1 Å². The molecule has 33 heavy (non-hydrogen) atoms. The van der Waals surface area contributed by atoms with Gasteiger partial charge in [0.05, 0.1) is 29.6 Å². The molecule has 170 valence electrons. The van der Waals surface area contributed by atoms with Crippen LogP contribution in [0.4, 0.5) is 13.2 Å². The molecule has 0 aliphatic rings. The van der Waals surface area contributed by atoms with E-state index < -0.39 is 24.2 Å². The summed E-state index contributed by atoms with van der Waals surface area (Å²) >= 11 is 0. The quantitative estimate of drug-likeness (QED) is 0.366. The Hall–Kier alpha value is -3.82. The van der Waals surface area contributed by atoms with Crippen molar-refractivity contribution < 1.29 is 22.8 Å². The van der Waals surface area contributed by atoms with E-state index in [4.69, 9.17) is 0 Å². The zero-order valence-electron chi connectivity index (χ0n) is 17.7. The first-order valence-electron chi connectivity index (χ1n) is 10.3. The van der Waals surface area contributed by atoms with Crippen LogP contribution in [0.5, 0.6) is 0 Å². The highest BCUT2D eigenvalue weighted by Gasteiger charge is 2.28. The molecule has 7 nitrogen and oxygen atoms in total. The molecule has 0 aliphatic heterocycles. The van der Waals surface area contributed by atoms with Gasteiger partial charge in [-0.25, -0.2) is 9.97 Å². The fourth-order valence-electron chi connectivity index (χ4n) is 3.56. The first-order chi connectivity index (χ1) is 15.7. The number of imidazole rings is 1. The lowest BCUT2D eigenvalue weighted by Gasteiger charge is -2.07. The number of nitrogens with zero attached hydrogens (tertiary/aromatic N) is 5. The van der Waals surface area contributed by atoms with Crippen molar-refractivity contribution in [2.24, 2.45) is 7.05 Å². The minimum Gasteiger partial charge on any atom is -0.294 e. The maximum atomic E-state index is 13.0. The Balaban J connectivity index is 1.51. The van der Waals surface area contributed by atoms with Crippen LogP contribution < -0.4 is 0 Å². The summed E-state index contributed by atoms with van der Waals surface area (Å²) in [5.41, 5.74) is 2.21. The third-order valence-corrected chi connectivity index (χ3v) is 5.16. The molecule has 0 radical (unpaired) electrons. The molecule has 1 aromatic carbocycles.